The lowest BCUT2D eigenvalue weighted by molar-refractivity contribution is -0.173. The summed E-state index contributed by atoms with van der Waals surface area (Å²) in [5, 5.41) is 4.15. The monoisotopic (exact) mass is 180 g/mol. The smallest absolute Gasteiger partial charge is 0.363 e. The van der Waals surface area contributed by atoms with Crippen LogP contribution in [0.25, 0.3) is 0 Å². The minimum absolute atomic E-state index is 0.402. The molecule has 0 aromatic rings. The van der Waals surface area contributed by atoms with E-state index in [1.807, 2.05) is 6.08 Å². The van der Waals surface area contributed by atoms with Gasteiger partial charge in [0.2, 0.25) is 0 Å². The first-order valence-corrected chi connectivity index (χ1v) is 3.90. The molecule has 0 unspecified atom stereocenters. The van der Waals surface area contributed by atoms with Gasteiger partial charge in [-0.25, -0.2) is 4.79 Å². The number of hydroxylamine groups is 2. The Hall–Kier alpha value is -1.55. The van der Waals surface area contributed by atoms with Crippen LogP contribution in [0.15, 0.2) is 36.2 Å². The fraction of sp³-hybridized carbons (Fsp3) is 0.222. The summed E-state index contributed by atoms with van der Waals surface area (Å²) in [6, 6.07) is 0. The second-order valence-electron chi connectivity index (χ2n) is 2.66. The number of hydrogen-bond donors (Lipinski definition) is 1. The Labute approximate surface area is 77.1 Å². The van der Waals surface area contributed by atoms with Crippen LogP contribution in [0.1, 0.15) is 0 Å². The third-order valence-electron chi connectivity index (χ3n) is 1.31. The first-order valence-electron chi connectivity index (χ1n) is 3.90. The molecule has 0 bridgehead atoms. The molecule has 1 heterocycles. The average molecular weight is 180 g/mol. The summed E-state index contributed by atoms with van der Waals surface area (Å²) in [5.41, 5.74) is 0.415. The quantitative estimate of drug-likeness (QED) is 0.630. The summed E-state index contributed by atoms with van der Waals surface area (Å²) in [6.07, 6.45) is 8.72. The van der Waals surface area contributed by atoms with Crippen molar-refractivity contribution in [1.82, 2.24) is 10.4 Å². The van der Waals surface area contributed by atoms with Gasteiger partial charge in [0.15, 0.2) is 0 Å². The fourth-order valence-electron chi connectivity index (χ4n) is 0.799. The molecule has 0 saturated heterocycles. The number of carbonyl (C=O) groups is 1. The second kappa shape index (κ2) is 4.47. The van der Waals surface area contributed by atoms with Gasteiger partial charge in [-0.15, -0.1) is 5.06 Å². The van der Waals surface area contributed by atoms with E-state index in [2.05, 4.69) is 5.32 Å². The Morgan fingerprint density at radius 2 is 2.15 bits per heavy atom. The molecule has 4 heteroatoms. The highest BCUT2D eigenvalue weighted by molar-refractivity contribution is 5.88. The molecule has 0 aromatic heterocycles. The van der Waals surface area contributed by atoms with Gasteiger partial charge in [0, 0.05) is 20.3 Å². The second-order valence-corrected chi connectivity index (χ2v) is 2.66. The van der Waals surface area contributed by atoms with Crippen LogP contribution in [-0.4, -0.2) is 25.1 Å². The number of nitrogens with zero attached hydrogens (tertiary/aromatic N) is 1. The van der Waals surface area contributed by atoms with Crippen LogP contribution in [0.5, 0.6) is 0 Å². The van der Waals surface area contributed by atoms with Crippen LogP contribution in [0.4, 0.5) is 0 Å². The Morgan fingerprint density at radius 1 is 1.38 bits per heavy atom. The summed E-state index contributed by atoms with van der Waals surface area (Å²) in [7, 11) is 3.31. The molecule has 1 rings (SSSR count). The summed E-state index contributed by atoms with van der Waals surface area (Å²) < 4.78 is 0. The minimum Gasteiger partial charge on any atom is -0.363 e. The number of carbonyl (C=O) groups excluding carboxylic acids is 1. The first kappa shape index (κ1) is 9.54. The molecule has 4 nitrogen and oxygen atoms in total. The van der Waals surface area contributed by atoms with E-state index in [0.717, 1.165) is 0 Å². The largest absolute Gasteiger partial charge is 0.373 e. The zero-order chi connectivity index (χ0) is 9.68. The molecule has 0 aromatic carbocycles. The maximum atomic E-state index is 11.3. The highest BCUT2D eigenvalue weighted by Crippen LogP contribution is 1.99. The van der Waals surface area contributed by atoms with Gasteiger partial charge < -0.3 is 10.2 Å². The van der Waals surface area contributed by atoms with Crippen molar-refractivity contribution >= 4 is 5.97 Å². The van der Waals surface area contributed by atoms with Crippen molar-refractivity contribution in [3.05, 3.63) is 36.2 Å². The highest BCUT2D eigenvalue weighted by atomic mass is 16.7. The van der Waals surface area contributed by atoms with E-state index in [-0.39, 0.29) is 0 Å². The highest BCUT2D eigenvalue weighted by Gasteiger charge is 2.10. The maximum Gasteiger partial charge on any atom is 0.373 e. The van der Waals surface area contributed by atoms with Gasteiger partial charge in [0.25, 0.3) is 0 Å². The summed E-state index contributed by atoms with van der Waals surface area (Å²) in [4.78, 5) is 16.1. The Bertz CT molecular complexity index is 277. The van der Waals surface area contributed by atoms with Crippen molar-refractivity contribution in [1.29, 1.82) is 0 Å². The van der Waals surface area contributed by atoms with Crippen molar-refractivity contribution in [2.75, 3.05) is 14.1 Å². The predicted octanol–water partition coefficient (Wildman–Crippen LogP) is 0.563. The van der Waals surface area contributed by atoms with Gasteiger partial charge in [0.05, 0.1) is 0 Å². The predicted molar refractivity (Wildman–Crippen MR) is 49.3 cm³/mol. The standard InChI is InChI=1S/C9H12N2O2/c1-11(2)13-9(12)8-6-4-3-5-7-10-8/h3-7,10H,1-2H3. The third-order valence-corrected chi connectivity index (χ3v) is 1.31. The SMILES string of the molecule is CN(C)OC(=O)C1=CC=CC=CN1. The molecular formula is C9H12N2O2. The van der Waals surface area contributed by atoms with Crippen LogP contribution < -0.4 is 5.32 Å². The lowest BCUT2D eigenvalue weighted by Gasteiger charge is -2.11. The van der Waals surface area contributed by atoms with E-state index in [9.17, 15) is 4.79 Å². The lowest BCUT2D eigenvalue weighted by Crippen LogP contribution is -2.24. The summed E-state index contributed by atoms with van der Waals surface area (Å²) in [5.74, 6) is -0.402. The van der Waals surface area contributed by atoms with Gasteiger partial charge >= 0.3 is 5.97 Å². The molecule has 0 spiro atoms. The maximum absolute atomic E-state index is 11.3. The van der Waals surface area contributed by atoms with E-state index in [4.69, 9.17) is 4.84 Å². The van der Waals surface area contributed by atoms with Crippen molar-refractivity contribution in [2.45, 2.75) is 0 Å². The number of allylic oxidation sites excluding steroid dienone is 4. The summed E-state index contributed by atoms with van der Waals surface area (Å²) in [6.45, 7) is 0. The number of nitrogens with one attached hydrogen (secondary N) is 1. The number of hydrogen-bond acceptors (Lipinski definition) is 4. The minimum atomic E-state index is -0.402. The van der Waals surface area contributed by atoms with Gasteiger partial charge in [-0.2, -0.15) is 0 Å². The average Bonchev–Trinajstić information content (AvgIpc) is 2.29. The number of rotatable bonds is 2. The normalized spacial score (nSPS) is 14.8. The van der Waals surface area contributed by atoms with E-state index < -0.39 is 5.97 Å². The van der Waals surface area contributed by atoms with Crippen LogP contribution >= 0.6 is 0 Å². The van der Waals surface area contributed by atoms with Crippen molar-refractivity contribution in [3.63, 3.8) is 0 Å². The lowest BCUT2D eigenvalue weighted by atomic mass is 10.4. The molecule has 0 radical (unpaired) electrons. The van der Waals surface area contributed by atoms with E-state index >= 15 is 0 Å². The molecule has 13 heavy (non-hydrogen) atoms. The zero-order valence-corrected chi connectivity index (χ0v) is 7.65. The molecule has 1 aliphatic rings. The first-order chi connectivity index (χ1) is 6.20. The van der Waals surface area contributed by atoms with Crippen LogP contribution in [0, 0.1) is 0 Å². The molecular weight excluding hydrogens is 168 g/mol. The summed E-state index contributed by atoms with van der Waals surface area (Å²) >= 11 is 0. The Kier molecular flexibility index (Phi) is 3.28. The van der Waals surface area contributed by atoms with Crippen molar-refractivity contribution in [3.8, 4) is 0 Å². The molecule has 0 fully saturated rings. The van der Waals surface area contributed by atoms with E-state index in [1.54, 1.807) is 38.5 Å². The van der Waals surface area contributed by atoms with Crippen molar-refractivity contribution in [2.24, 2.45) is 0 Å². The van der Waals surface area contributed by atoms with Crippen LogP contribution in [0.3, 0.4) is 0 Å². The van der Waals surface area contributed by atoms with E-state index in [1.165, 1.54) is 5.06 Å². The van der Waals surface area contributed by atoms with Crippen molar-refractivity contribution < 1.29 is 9.63 Å². The molecule has 1 aliphatic heterocycles. The van der Waals surface area contributed by atoms with Gasteiger partial charge in [-0.3, -0.25) is 0 Å². The van der Waals surface area contributed by atoms with Gasteiger partial charge in [0.1, 0.15) is 5.70 Å². The molecule has 0 aliphatic carbocycles. The third kappa shape index (κ3) is 3.13. The molecule has 0 saturated carbocycles. The molecule has 70 valence electrons. The zero-order valence-electron chi connectivity index (χ0n) is 7.65. The Balaban J connectivity index is 2.61. The Morgan fingerprint density at radius 3 is 2.85 bits per heavy atom. The van der Waals surface area contributed by atoms with Crippen LogP contribution in [-0.2, 0) is 9.63 Å². The molecule has 1 N–H and O–H groups in total. The van der Waals surface area contributed by atoms with Gasteiger partial charge in [-0.05, 0) is 12.2 Å². The molecule has 0 atom stereocenters. The topological polar surface area (TPSA) is 41.6 Å². The van der Waals surface area contributed by atoms with Crippen LogP contribution in [0.2, 0.25) is 0 Å². The van der Waals surface area contributed by atoms with Gasteiger partial charge in [-0.1, -0.05) is 12.2 Å². The van der Waals surface area contributed by atoms with E-state index in [0.29, 0.717) is 5.70 Å². The molecule has 0 amide bonds. The fourth-order valence-corrected chi connectivity index (χ4v) is 0.799.